The SMILES string of the molecule is CCCCCCCCC/C=C/CCCCCC(CC(=O)NC(CO)C(O)CCCCCCCCCCCCCCCCCCC)OC(=O)CCCCCCCCCCCCCCCCCCCC. The maximum atomic E-state index is 13.3. The normalized spacial score (nSPS) is 13.1. The van der Waals surface area contributed by atoms with Gasteiger partial charge in [0.1, 0.15) is 6.10 Å². The van der Waals surface area contributed by atoms with Gasteiger partial charge in [0.15, 0.2) is 0 Å². The first kappa shape index (κ1) is 66.6. The molecule has 3 N–H and O–H groups in total. The average Bonchev–Trinajstić information content (AvgIpc) is 3.33. The summed E-state index contributed by atoms with van der Waals surface area (Å²) in [5.74, 6) is -0.463. The molecule has 0 aliphatic carbocycles. The number of nitrogens with one attached hydrogen (secondary N) is 1. The zero-order valence-corrected chi connectivity index (χ0v) is 46.3. The summed E-state index contributed by atoms with van der Waals surface area (Å²) in [4.78, 5) is 26.3. The fraction of sp³-hybridized carbons (Fsp3) is 0.935. The van der Waals surface area contributed by atoms with Gasteiger partial charge in [0.2, 0.25) is 5.91 Å². The molecule has 0 aromatic heterocycles. The van der Waals surface area contributed by atoms with Crippen molar-refractivity contribution in [1.82, 2.24) is 5.32 Å². The molecule has 0 rings (SSSR count). The third kappa shape index (κ3) is 51.0. The van der Waals surface area contributed by atoms with Crippen LogP contribution in [0.2, 0.25) is 0 Å². The zero-order chi connectivity index (χ0) is 49.5. The Labute approximate surface area is 425 Å². The van der Waals surface area contributed by atoms with E-state index < -0.39 is 18.2 Å². The minimum atomic E-state index is -0.787. The number of rotatable bonds is 57. The third-order valence-corrected chi connectivity index (χ3v) is 14.6. The summed E-state index contributed by atoms with van der Waals surface area (Å²) < 4.78 is 5.97. The van der Waals surface area contributed by atoms with E-state index in [0.717, 1.165) is 57.8 Å². The van der Waals surface area contributed by atoms with E-state index in [4.69, 9.17) is 4.74 Å². The molecule has 0 aliphatic heterocycles. The minimum Gasteiger partial charge on any atom is -0.462 e. The van der Waals surface area contributed by atoms with Crippen molar-refractivity contribution in [3.63, 3.8) is 0 Å². The van der Waals surface area contributed by atoms with Crippen molar-refractivity contribution in [1.29, 1.82) is 0 Å². The van der Waals surface area contributed by atoms with Crippen LogP contribution in [0.5, 0.6) is 0 Å². The summed E-state index contributed by atoms with van der Waals surface area (Å²) in [5, 5.41) is 23.9. The topological polar surface area (TPSA) is 95.9 Å². The molecule has 6 nitrogen and oxygen atoms in total. The average molecular weight is 961 g/mol. The molecule has 0 aliphatic rings. The van der Waals surface area contributed by atoms with Crippen molar-refractivity contribution in [3.05, 3.63) is 12.2 Å². The summed E-state index contributed by atoms with van der Waals surface area (Å²) in [6.07, 6.45) is 65.7. The van der Waals surface area contributed by atoms with Gasteiger partial charge in [-0.2, -0.15) is 0 Å². The minimum absolute atomic E-state index is 0.0750. The number of carbonyl (C=O) groups is 2. The van der Waals surface area contributed by atoms with Crippen molar-refractivity contribution in [2.75, 3.05) is 6.61 Å². The van der Waals surface area contributed by atoms with Crippen LogP contribution in [0.3, 0.4) is 0 Å². The lowest BCUT2D eigenvalue weighted by Gasteiger charge is -2.24. The molecule has 0 radical (unpaired) electrons. The number of ether oxygens (including phenoxy) is 1. The highest BCUT2D eigenvalue weighted by Crippen LogP contribution is 2.19. The molecule has 68 heavy (non-hydrogen) atoms. The number of allylic oxidation sites excluding steroid dienone is 2. The van der Waals surface area contributed by atoms with Crippen molar-refractivity contribution in [2.24, 2.45) is 0 Å². The quantitative estimate of drug-likeness (QED) is 0.0321. The van der Waals surface area contributed by atoms with E-state index in [0.29, 0.717) is 19.3 Å². The molecule has 0 aromatic carbocycles. The molecule has 0 fully saturated rings. The van der Waals surface area contributed by atoms with Gasteiger partial charge in [-0.05, 0) is 51.4 Å². The van der Waals surface area contributed by atoms with Crippen LogP contribution in [0, 0.1) is 0 Å². The maximum Gasteiger partial charge on any atom is 0.306 e. The highest BCUT2D eigenvalue weighted by atomic mass is 16.5. The third-order valence-electron chi connectivity index (χ3n) is 14.6. The largest absolute Gasteiger partial charge is 0.462 e. The van der Waals surface area contributed by atoms with Gasteiger partial charge in [-0.15, -0.1) is 0 Å². The number of unbranched alkanes of at least 4 members (excludes halogenated alkanes) is 43. The van der Waals surface area contributed by atoms with Crippen LogP contribution in [0.1, 0.15) is 348 Å². The Bertz CT molecular complexity index is 1030. The predicted molar refractivity (Wildman–Crippen MR) is 297 cm³/mol. The second kappa shape index (κ2) is 56.5. The molecule has 0 aromatic rings. The molecular formula is C62H121NO5. The second-order valence-corrected chi connectivity index (χ2v) is 21.5. The van der Waals surface area contributed by atoms with Crippen LogP contribution < -0.4 is 5.32 Å². The van der Waals surface area contributed by atoms with Gasteiger partial charge in [0, 0.05) is 6.42 Å². The number of aliphatic hydroxyl groups is 2. The number of amides is 1. The molecule has 0 saturated heterocycles. The number of hydrogen-bond acceptors (Lipinski definition) is 5. The Balaban J connectivity index is 4.46. The van der Waals surface area contributed by atoms with Crippen molar-refractivity contribution < 1.29 is 24.5 Å². The van der Waals surface area contributed by atoms with E-state index in [1.165, 1.54) is 244 Å². The number of esters is 1. The lowest BCUT2D eigenvalue weighted by Crippen LogP contribution is -2.46. The molecule has 0 saturated carbocycles. The summed E-state index contributed by atoms with van der Waals surface area (Å²) in [7, 11) is 0. The Kier molecular flexibility index (Phi) is 55.3. The van der Waals surface area contributed by atoms with Gasteiger partial charge in [-0.3, -0.25) is 9.59 Å². The first-order valence-corrected chi connectivity index (χ1v) is 30.9. The molecule has 0 heterocycles. The molecule has 0 spiro atoms. The van der Waals surface area contributed by atoms with Crippen LogP contribution in [0.4, 0.5) is 0 Å². The van der Waals surface area contributed by atoms with E-state index in [9.17, 15) is 19.8 Å². The fourth-order valence-corrected chi connectivity index (χ4v) is 9.90. The molecule has 404 valence electrons. The first-order valence-electron chi connectivity index (χ1n) is 30.9. The predicted octanol–water partition coefficient (Wildman–Crippen LogP) is 19.2. The smallest absolute Gasteiger partial charge is 0.306 e. The second-order valence-electron chi connectivity index (χ2n) is 21.5. The monoisotopic (exact) mass is 960 g/mol. The highest BCUT2D eigenvalue weighted by Gasteiger charge is 2.24. The Morgan fingerprint density at radius 1 is 0.412 bits per heavy atom. The van der Waals surface area contributed by atoms with Gasteiger partial charge < -0.3 is 20.3 Å². The molecule has 6 heteroatoms. The Morgan fingerprint density at radius 3 is 1.06 bits per heavy atom. The van der Waals surface area contributed by atoms with E-state index in [2.05, 4.69) is 38.2 Å². The summed E-state index contributed by atoms with van der Waals surface area (Å²) in [5.41, 5.74) is 0. The highest BCUT2D eigenvalue weighted by molar-refractivity contribution is 5.77. The Hall–Kier alpha value is -1.40. The van der Waals surface area contributed by atoms with E-state index in [1.807, 2.05) is 0 Å². The van der Waals surface area contributed by atoms with Crippen LogP contribution >= 0.6 is 0 Å². The molecule has 1 amide bonds. The van der Waals surface area contributed by atoms with Gasteiger partial charge in [0.05, 0.1) is 25.2 Å². The van der Waals surface area contributed by atoms with Gasteiger partial charge in [0.25, 0.3) is 0 Å². The van der Waals surface area contributed by atoms with Crippen LogP contribution in [0.25, 0.3) is 0 Å². The van der Waals surface area contributed by atoms with Crippen molar-refractivity contribution >= 4 is 11.9 Å². The van der Waals surface area contributed by atoms with E-state index in [1.54, 1.807) is 0 Å². The van der Waals surface area contributed by atoms with Crippen LogP contribution in [-0.2, 0) is 14.3 Å². The van der Waals surface area contributed by atoms with Gasteiger partial charge in [-0.25, -0.2) is 0 Å². The summed E-state index contributed by atoms with van der Waals surface area (Å²) in [6, 6.07) is -0.701. The lowest BCUT2D eigenvalue weighted by molar-refractivity contribution is -0.151. The van der Waals surface area contributed by atoms with Crippen LogP contribution in [0.15, 0.2) is 12.2 Å². The fourth-order valence-electron chi connectivity index (χ4n) is 9.90. The van der Waals surface area contributed by atoms with Crippen molar-refractivity contribution in [2.45, 2.75) is 366 Å². The van der Waals surface area contributed by atoms with E-state index in [-0.39, 0.29) is 24.9 Å². The van der Waals surface area contributed by atoms with E-state index >= 15 is 0 Å². The van der Waals surface area contributed by atoms with Crippen LogP contribution in [-0.4, -0.2) is 46.9 Å². The number of aliphatic hydroxyl groups excluding tert-OH is 2. The standard InChI is InChI=1S/C62H121NO5/c1-4-7-10-13-16-19-22-25-28-30-32-34-37-40-43-46-49-52-55-62(67)68-58(53-50-47-44-41-38-35-27-24-21-18-15-12-9-6-3)56-61(66)63-59(57-64)60(65)54-51-48-45-42-39-36-33-31-29-26-23-20-17-14-11-8-5-2/h35,38,58-60,64-65H,4-34,36-37,39-57H2,1-3H3,(H,63,66)/b38-35+. The Morgan fingerprint density at radius 2 is 0.706 bits per heavy atom. The maximum absolute atomic E-state index is 13.3. The summed E-state index contributed by atoms with van der Waals surface area (Å²) in [6.45, 7) is 6.54. The molecule has 0 bridgehead atoms. The van der Waals surface area contributed by atoms with Gasteiger partial charge >= 0.3 is 5.97 Å². The lowest BCUT2D eigenvalue weighted by atomic mass is 10.0. The number of carbonyl (C=O) groups excluding carboxylic acids is 2. The molecule has 3 unspecified atom stereocenters. The zero-order valence-electron chi connectivity index (χ0n) is 46.3. The number of hydrogen-bond donors (Lipinski definition) is 3. The molecular weight excluding hydrogens is 839 g/mol. The van der Waals surface area contributed by atoms with Gasteiger partial charge in [-0.1, -0.05) is 296 Å². The summed E-state index contributed by atoms with van der Waals surface area (Å²) >= 11 is 0. The first-order chi connectivity index (χ1) is 33.5. The van der Waals surface area contributed by atoms with Crippen molar-refractivity contribution in [3.8, 4) is 0 Å². The molecule has 3 atom stereocenters.